The molecule has 0 saturated carbocycles. The van der Waals surface area contributed by atoms with Gasteiger partial charge < -0.3 is 9.47 Å². The minimum atomic E-state index is -4.70. The fourth-order valence-electron chi connectivity index (χ4n) is 2.38. The maximum Gasteiger partial charge on any atom is 0.453 e. The number of H-pyrrole nitrogens is 1. The zero-order valence-corrected chi connectivity index (χ0v) is 15.4. The topological polar surface area (TPSA) is 64.4 Å². The number of aromatic amines is 1. The summed E-state index contributed by atoms with van der Waals surface area (Å²) in [7, 11) is 1.47. The molecule has 0 saturated heterocycles. The molecular weight excluding hydrogens is 393 g/mol. The third-order valence-corrected chi connectivity index (χ3v) is 3.94. The molecule has 0 unspecified atom stereocenters. The Hall–Kier alpha value is -3.14. The highest BCUT2D eigenvalue weighted by atomic mass is 32.1. The fourth-order valence-corrected chi connectivity index (χ4v) is 2.56. The molecule has 1 heterocycles. The Kier molecular flexibility index (Phi) is 5.78. The first-order valence-corrected chi connectivity index (χ1v) is 8.43. The molecule has 3 aromatic rings. The largest absolute Gasteiger partial charge is 0.493 e. The molecule has 0 fully saturated rings. The van der Waals surface area contributed by atoms with Crippen LogP contribution >= 0.6 is 12.2 Å². The van der Waals surface area contributed by atoms with E-state index in [-0.39, 0.29) is 11.4 Å². The molecular formula is C18H15F3N4O2S. The second kappa shape index (κ2) is 8.26. The summed E-state index contributed by atoms with van der Waals surface area (Å²) in [6.07, 6.45) is -3.49. The lowest BCUT2D eigenvalue weighted by molar-refractivity contribution is -0.147. The number of benzene rings is 2. The summed E-state index contributed by atoms with van der Waals surface area (Å²) in [4.78, 5) is 0. The summed E-state index contributed by atoms with van der Waals surface area (Å²) < 4.78 is 50.5. The van der Waals surface area contributed by atoms with Gasteiger partial charge in [0.2, 0.25) is 4.77 Å². The molecule has 0 aliphatic heterocycles. The summed E-state index contributed by atoms with van der Waals surface area (Å²) in [5, 5.41) is 9.10. The lowest BCUT2D eigenvalue weighted by atomic mass is 10.2. The molecule has 1 N–H and O–H groups in total. The van der Waals surface area contributed by atoms with Crippen molar-refractivity contribution in [1.82, 2.24) is 14.9 Å². The van der Waals surface area contributed by atoms with E-state index in [2.05, 4.69) is 15.3 Å². The van der Waals surface area contributed by atoms with Crippen LogP contribution in [0.1, 0.15) is 17.0 Å². The molecule has 3 rings (SSSR count). The minimum Gasteiger partial charge on any atom is -0.493 e. The first-order chi connectivity index (χ1) is 13.4. The van der Waals surface area contributed by atoms with Crippen molar-refractivity contribution in [3.05, 3.63) is 70.3 Å². The first kappa shape index (κ1) is 19.6. The fraction of sp³-hybridized carbons (Fsp3) is 0.167. The second-order valence-electron chi connectivity index (χ2n) is 5.56. The third-order valence-electron chi connectivity index (χ3n) is 3.67. The Balaban J connectivity index is 1.94. The highest BCUT2D eigenvalue weighted by Crippen LogP contribution is 2.31. The zero-order valence-electron chi connectivity index (χ0n) is 14.6. The van der Waals surface area contributed by atoms with Crippen LogP contribution in [0.25, 0.3) is 0 Å². The highest BCUT2D eigenvalue weighted by Gasteiger charge is 2.37. The van der Waals surface area contributed by atoms with Crippen LogP contribution in [0.4, 0.5) is 13.2 Å². The van der Waals surface area contributed by atoms with E-state index in [0.29, 0.717) is 21.7 Å². The molecule has 6 nitrogen and oxygen atoms in total. The molecule has 0 amide bonds. The number of aromatic nitrogens is 3. The normalized spacial score (nSPS) is 11.7. The molecule has 0 radical (unpaired) electrons. The average molecular weight is 408 g/mol. The van der Waals surface area contributed by atoms with Crippen molar-refractivity contribution in [2.45, 2.75) is 12.8 Å². The molecule has 28 heavy (non-hydrogen) atoms. The van der Waals surface area contributed by atoms with Crippen LogP contribution in [0.15, 0.2) is 53.6 Å². The van der Waals surface area contributed by atoms with E-state index in [0.717, 1.165) is 5.56 Å². The number of rotatable bonds is 6. The van der Waals surface area contributed by atoms with Gasteiger partial charge in [-0.15, -0.1) is 5.10 Å². The number of alkyl halides is 3. The van der Waals surface area contributed by atoms with Gasteiger partial charge in [0.15, 0.2) is 11.5 Å². The molecule has 0 atom stereocenters. The highest BCUT2D eigenvalue weighted by molar-refractivity contribution is 7.71. The number of hydrogen-bond donors (Lipinski definition) is 1. The number of ether oxygens (including phenoxy) is 2. The van der Waals surface area contributed by atoms with Gasteiger partial charge in [0.25, 0.3) is 5.82 Å². The second-order valence-corrected chi connectivity index (χ2v) is 5.95. The van der Waals surface area contributed by atoms with Gasteiger partial charge in [0.05, 0.1) is 13.3 Å². The summed E-state index contributed by atoms with van der Waals surface area (Å²) in [6, 6.07) is 14.4. The molecule has 0 spiro atoms. The molecule has 0 bridgehead atoms. The van der Waals surface area contributed by atoms with Crippen molar-refractivity contribution in [3.63, 3.8) is 0 Å². The molecule has 2 aromatic carbocycles. The average Bonchev–Trinajstić information content (AvgIpc) is 3.06. The van der Waals surface area contributed by atoms with E-state index >= 15 is 0 Å². The van der Waals surface area contributed by atoms with E-state index < -0.39 is 12.0 Å². The molecule has 10 heteroatoms. The van der Waals surface area contributed by atoms with Gasteiger partial charge in [0.1, 0.15) is 6.61 Å². The Morgan fingerprint density at radius 1 is 1.18 bits per heavy atom. The van der Waals surface area contributed by atoms with Crippen LogP contribution in [0, 0.1) is 4.77 Å². The van der Waals surface area contributed by atoms with E-state index in [4.69, 9.17) is 21.7 Å². The number of para-hydroxylation sites is 1. The Bertz CT molecular complexity index is 1030. The first-order valence-electron chi connectivity index (χ1n) is 8.03. The van der Waals surface area contributed by atoms with Crippen LogP contribution in [0.2, 0.25) is 0 Å². The Morgan fingerprint density at radius 3 is 2.61 bits per heavy atom. The van der Waals surface area contributed by atoms with Crippen LogP contribution in [0.3, 0.4) is 0 Å². The summed E-state index contributed by atoms with van der Waals surface area (Å²) in [5.41, 5.74) is 1.35. The van der Waals surface area contributed by atoms with E-state index in [1.54, 1.807) is 18.2 Å². The van der Waals surface area contributed by atoms with Crippen molar-refractivity contribution in [2.75, 3.05) is 7.11 Å². The molecule has 0 aliphatic rings. The maximum atomic E-state index is 13.0. The minimum absolute atomic E-state index is 0.251. The Labute approximate surface area is 163 Å². The molecule has 1 aromatic heterocycles. The molecule has 0 aliphatic carbocycles. The number of nitrogens with one attached hydrogen (secondary N) is 1. The van der Waals surface area contributed by atoms with Crippen molar-refractivity contribution in [2.24, 2.45) is 5.10 Å². The number of halogens is 3. The van der Waals surface area contributed by atoms with Crippen LogP contribution in [-0.4, -0.2) is 28.2 Å². The van der Waals surface area contributed by atoms with Crippen molar-refractivity contribution in [1.29, 1.82) is 0 Å². The van der Waals surface area contributed by atoms with Crippen LogP contribution < -0.4 is 9.47 Å². The van der Waals surface area contributed by atoms with Gasteiger partial charge in [0, 0.05) is 5.56 Å². The SMILES string of the molecule is COc1cccc(/C=N\n2c(C(F)(F)F)n[nH]c2=S)c1OCc1ccccc1. The smallest absolute Gasteiger partial charge is 0.453 e. The van der Waals surface area contributed by atoms with Gasteiger partial charge in [-0.1, -0.05) is 36.4 Å². The van der Waals surface area contributed by atoms with Crippen molar-refractivity contribution in [3.8, 4) is 11.5 Å². The van der Waals surface area contributed by atoms with Crippen LogP contribution in [0.5, 0.6) is 11.5 Å². The van der Waals surface area contributed by atoms with Gasteiger partial charge in [-0.3, -0.25) is 0 Å². The van der Waals surface area contributed by atoms with Crippen molar-refractivity contribution < 1.29 is 22.6 Å². The third kappa shape index (κ3) is 4.39. The summed E-state index contributed by atoms with van der Waals surface area (Å²) in [6.45, 7) is 0.251. The van der Waals surface area contributed by atoms with Gasteiger partial charge in [-0.25, -0.2) is 5.10 Å². The van der Waals surface area contributed by atoms with E-state index in [1.165, 1.54) is 13.3 Å². The lowest BCUT2D eigenvalue weighted by Crippen LogP contribution is -2.13. The van der Waals surface area contributed by atoms with Gasteiger partial charge in [-0.05, 0) is 29.9 Å². The number of hydrogen-bond acceptors (Lipinski definition) is 5. The predicted molar refractivity (Wildman–Crippen MR) is 99.2 cm³/mol. The standard InChI is InChI=1S/C18H15F3N4O2S/c1-26-14-9-5-8-13(15(14)27-11-12-6-3-2-4-7-12)10-22-25-16(18(19,20)21)23-24-17(25)28/h2-10H,11H2,1H3,(H,24,28)/b22-10-. The van der Waals surface area contributed by atoms with Gasteiger partial charge in [-0.2, -0.15) is 22.9 Å². The summed E-state index contributed by atoms with van der Waals surface area (Å²) in [5.74, 6) is -0.476. The quantitative estimate of drug-likeness (QED) is 0.484. The summed E-state index contributed by atoms with van der Waals surface area (Å²) >= 11 is 4.83. The maximum absolute atomic E-state index is 13.0. The monoisotopic (exact) mass is 408 g/mol. The van der Waals surface area contributed by atoms with Crippen molar-refractivity contribution >= 4 is 18.4 Å². The number of methoxy groups -OCH3 is 1. The van der Waals surface area contributed by atoms with E-state index in [1.807, 2.05) is 30.3 Å². The zero-order chi connectivity index (χ0) is 20.1. The molecule has 146 valence electrons. The lowest BCUT2D eigenvalue weighted by Gasteiger charge is -2.13. The van der Waals surface area contributed by atoms with Crippen LogP contribution in [-0.2, 0) is 12.8 Å². The Morgan fingerprint density at radius 2 is 1.93 bits per heavy atom. The van der Waals surface area contributed by atoms with E-state index in [9.17, 15) is 13.2 Å². The van der Waals surface area contributed by atoms with Gasteiger partial charge >= 0.3 is 6.18 Å². The number of nitrogens with zero attached hydrogens (tertiary/aromatic N) is 3. The predicted octanol–water partition coefficient (Wildman–Crippen LogP) is 4.43.